The zero-order valence-corrected chi connectivity index (χ0v) is 24.0. The smallest absolute Gasteiger partial charge is 0.263 e. The van der Waals surface area contributed by atoms with Crippen molar-refractivity contribution in [1.29, 1.82) is 0 Å². The number of anilines is 3. The lowest BCUT2D eigenvalue weighted by Gasteiger charge is -2.29. The number of halogens is 2. The minimum Gasteiger partial charge on any atom is -0.381 e. The highest BCUT2D eigenvalue weighted by atomic mass is 35.5. The molecule has 0 spiro atoms. The molecule has 0 radical (unpaired) electrons. The molecule has 0 saturated carbocycles. The van der Waals surface area contributed by atoms with E-state index in [1.54, 1.807) is 29.3 Å². The molecule has 1 saturated heterocycles. The highest BCUT2D eigenvalue weighted by molar-refractivity contribution is 7.99. The van der Waals surface area contributed by atoms with E-state index in [4.69, 9.17) is 27.9 Å². The molecule has 0 bridgehead atoms. The van der Waals surface area contributed by atoms with Gasteiger partial charge in [-0.2, -0.15) is 0 Å². The van der Waals surface area contributed by atoms with Gasteiger partial charge in [0, 0.05) is 44.7 Å². The second-order valence-electron chi connectivity index (χ2n) is 9.98. The van der Waals surface area contributed by atoms with Crippen LogP contribution in [0.5, 0.6) is 0 Å². The molecule has 1 atom stereocenters. The van der Waals surface area contributed by atoms with Gasteiger partial charge in [-0.3, -0.25) is 19.4 Å². The van der Waals surface area contributed by atoms with E-state index in [9.17, 15) is 9.59 Å². The zero-order chi connectivity index (χ0) is 27.6. The van der Waals surface area contributed by atoms with Crippen molar-refractivity contribution in [3.63, 3.8) is 0 Å². The third-order valence-corrected chi connectivity index (χ3v) is 8.93. The second kappa shape index (κ2) is 11.9. The molecule has 2 N–H and O–H groups in total. The number of carbonyl (C=O) groups is 2. The van der Waals surface area contributed by atoms with Crippen LogP contribution in [0.15, 0.2) is 47.6 Å². The Morgan fingerprint density at radius 2 is 2.02 bits per heavy atom. The van der Waals surface area contributed by atoms with Gasteiger partial charge in [0.25, 0.3) is 5.91 Å². The number of thioether (sulfide) groups is 1. The van der Waals surface area contributed by atoms with Crippen LogP contribution in [0, 0.1) is 5.92 Å². The Labute approximate surface area is 246 Å². The Hall–Kier alpha value is -2.89. The van der Waals surface area contributed by atoms with E-state index in [1.165, 1.54) is 22.9 Å². The third-order valence-electron chi connectivity index (χ3n) is 7.35. The molecule has 1 fully saturated rings. The summed E-state index contributed by atoms with van der Waals surface area (Å²) >= 11 is 14.1. The number of rotatable bonds is 7. The minimum absolute atomic E-state index is 0.00615. The van der Waals surface area contributed by atoms with Crippen molar-refractivity contribution >= 4 is 64.1 Å². The summed E-state index contributed by atoms with van der Waals surface area (Å²) < 4.78 is 5.31. The molecule has 6 rings (SSSR count). The molecule has 1 aromatic heterocycles. The van der Waals surface area contributed by atoms with E-state index in [0.717, 1.165) is 38.2 Å². The molecular formula is C28H28Cl2N6O3S. The van der Waals surface area contributed by atoms with E-state index in [1.807, 2.05) is 6.07 Å². The summed E-state index contributed by atoms with van der Waals surface area (Å²) in [5.74, 6) is 0.637. The molecule has 2 aromatic carbocycles. The molecule has 1 unspecified atom stereocenters. The molecule has 3 aromatic rings. The molecule has 3 aliphatic rings. The SMILES string of the molecule is O=C(NCCN1CCc2cc(Nc3ncc4c(n3)SCN(c3c(Cl)cccc3Cl)C4=O)ccc2C1)C1CCOC1. The summed E-state index contributed by atoms with van der Waals surface area (Å²) in [7, 11) is 0. The average Bonchev–Trinajstić information content (AvgIpc) is 3.50. The average molecular weight is 600 g/mol. The van der Waals surface area contributed by atoms with E-state index in [-0.39, 0.29) is 17.7 Å². The Balaban J connectivity index is 1.07. The predicted molar refractivity (Wildman–Crippen MR) is 157 cm³/mol. The first-order valence-corrected chi connectivity index (χ1v) is 14.9. The number of nitrogens with one attached hydrogen (secondary N) is 2. The number of amides is 2. The minimum atomic E-state index is -0.235. The maximum Gasteiger partial charge on any atom is 0.263 e. The van der Waals surface area contributed by atoms with Crippen molar-refractivity contribution in [2.24, 2.45) is 5.92 Å². The molecule has 3 aliphatic heterocycles. The lowest BCUT2D eigenvalue weighted by atomic mass is 9.99. The van der Waals surface area contributed by atoms with Crippen LogP contribution >= 0.6 is 35.0 Å². The van der Waals surface area contributed by atoms with Gasteiger partial charge < -0.3 is 15.4 Å². The summed E-state index contributed by atoms with van der Waals surface area (Å²) in [5.41, 5.74) is 4.36. The summed E-state index contributed by atoms with van der Waals surface area (Å²) in [5, 5.41) is 7.79. The van der Waals surface area contributed by atoms with Crippen LogP contribution in [0.1, 0.15) is 27.9 Å². The Bertz CT molecular complexity index is 1430. The molecule has 2 amide bonds. The summed E-state index contributed by atoms with van der Waals surface area (Å²) in [6.07, 6.45) is 3.28. The van der Waals surface area contributed by atoms with Gasteiger partial charge in [-0.15, -0.1) is 0 Å². The predicted octanol–water partition coefficient (Wildman–Crippen LogP) is 4.75. The highest BCUT2D eigenvalue weighted by Gasteiger charge is 2.30. The first kappa shape index (κ1) is 27.3. The van der Waals surface area contributed by atoms with Crippen LogP contribution in [-0.4, -0.2) is 65.4 Å². The monoisotopic (exact) mass is 598 g/mol. The van der Waals surface area contributed by atoms with E-state index >= 15 is 0 Å². The number of fused-ring (bicyclic) bond motifs is 2. The first-order valence-electron chi connectivity index (χ1n) is 13.2. The Morgan fingerprint density at radius 3 is 2.83 bits per heavy atom. The van der Waals surface area contributed by atoms with Gasteiger partial charge in [0.2, 0.25) is 11.9 Å². The van der Waals surface area contributed by atoms with Crippen molar-refractivity contribution in [1.82, 2.24) is 20.2 Å². The van der Waals surface area contributed by atoms with Crippen molar-refractivity contribution in [3.8, 4) is 0 Å². The zero-order valence-electron chi connectivity index (χ0n) is 21.7. The maximum absolute atomic E-state index is 13.2. The summed E-state index contributed by atoms with van der Waals surface area (Å²) in [4.78, 5) is 38.3. The number of carbonyl (C=O) groups excluding carboxylic acids is 2. The molecule has 12 heteroatoms. The first-order chi connectivity index (χ1) is 19.5. The molecule has 9 nitrogen and oxygen atoms in total. The number of hydrogen-bond donors (Lipinski definition) is 2. The van der Waals surface area contributed by atoms with Crippen molar-refractivity contribution in [2.75, 3.05) is 48.9 Å². The maximum atomic E-state index is 13.2. The van der Waals surface area contributed by atoms with Crippen molar-refractivity contribution in [2.45, 2.75) is 24.4 Å². The number of nitrogens with zero attached hydrogens (tertiary/aromatic N) is 4. The van der Waals surface area contributed by atoms with Crippen molar-refractivity contribution < 1.29 is 14.3 Å². The molecule has 0 aliphatic carbocycles. The van der Waals surface area contributed by atoms with Gasteiger partial charge in [-0.1, -0.05) is 47.1 Å². The normalized spacial score (nSPS) is 18.8. The van der Waals surface area contributed by atoms with Crippen LogP contribution < -0.4 is 15.5 Å². The quantitative estimate of drug-likeness (QED) is 0.376. The van der Waals surface area contributed by atoms with Crippen LogP contribution in [-0.2, 0) is 22.5 Å². The fraction of sp³-hybridized carbons (Fsp3) is 0.357. The number of hydrogen-bond acceptors (Lipinski definition) is 8. The van der Waals surface area contributed by atoms with Gasteiger partial charge in [-0.05, 0) is 48.2 Å². The summed E-state index contributed by atoms with van der Waals surface area (Å²) in [6, 6.07) is 11.5. The lowest BCUT2D eigenvalue weighted by molar-refractivity contribution is -0.125. The number of para-hydroxylation sites is 1. The van der Waals surface area contributed by atoms with Crippen LogP contribution in [0.25, 0.3) is 0 Å². The van der Waals surface area contributed by atoms with Crippen LogP contribution in [0.3, 0.4) is 0 Å². The van der Waals surface area contributed by atoms with Gasteiger partial charge in [0.15, 0.2) is 0 Å². The standard InChI is InChI=1S/C28H28Cl2N6O3S/c29-22-2-1-3-23(30)24(22)36-16-40-26-21(27(36)38)13-32-28(34-26)33-20-5-4-18-14-35(9-6-17(18)12-20)10-8-31-25(37)19-7-11-39-15-19/h1-5,12-13,19H,6-11,14-16H2,(H,31,37)(H,32,33,34). The second-order valence-corrected chi connectivity index (χ2v) is 11.7. The fourth-order valence-electron chi connectivity index (χ4n) is 5.16. The Kier molecular flexibility index (Phi) is 8.13. The van der Waals surface area contributed by atoms with Crippen LogP contribution in [0.4, 0.5) is 17.3 Å². The molecule has 208 valence electrons. The third kappa shape index (κ3) is 5.77. The molecular weight excluding hydrogens is 571 g/mol. The Morgan fingerprint density at radius 1 is 1.18 bits per heavy atom. The number of benzene rings is 2. The van der Waals surface area contributed by atoms with Gasteiger partial charge in [-0.25, -0.2) is 9.97 Å². The van der Waals surface area contributed by atoms with Gasteiger partial charge in [0.1, 0.15) is 5.03 Å². The topological polar surface area (TPSA) is 99.7 Å². The van der Waals surface area contributed by atoms with E-state index in [0.29, 0.717) is 57.9 Å². The molecule has 40 heavy (non-hydrogen) atoms. The van der Waals surface area contributed by atoms with E-state index in [2.05, 4.69) is 37.6 Å². The fourth-order valence-corrected chi connectivity index (χ4v) is 6.70. The van der Waals surface area contributed by atoms with Gasteiger partial charge >= 0.3 is 0 Å². The largest absolute Gasteiger partial charge is 0.381 e. The molecule has 4 heterocycles. The lowest BCUT2D eigenvalue weighted by Crippen LogP contribution is -2.39. The summed E-state index contributed by atoms with van der Waals surface area (Å²) in [6.45, 7) is 4.44. The number of aromatic nitrogens is 2. The van der Waals surface area contributed by atoms with Crippen molar-refractivity contribution in [3.05, 3.63) is 69.3 Å². The number of ether oxygens (including phenoxy) is 1. The highest BCUT2D eigenvalue weighted by Crippen LogP contribution is 2.39. The van der Waals surface area contributed by atoms with Crippen LogP contribution in [0.2, 0.25) is 10.0 Å². The van der Waals surface area contributed by atoms with E-state index < -0.39 is 0 Å². The van der Waals surface area contributed by atoms with Gasteiger partial charge in [0.05, 0.1) is 39.7 Å².